The Labute approximate surface area is 124 Å². The van der Waals surface area contributed by atoms with Gasteiger partial charge in [-0.2, -0.15) is 0 Å². The van der Waals surface area contributed by atoms with Crippen LogP contribution in [0.5, 0.6) is 0 Å². The molecule has 108 valence electrons. The number of esters is 1. The molecular weight excluding hydrogens is 264 g/mol. The molecule has 0 radical (unpaired) electrons. The third kappa shape index (κ3) is 4.56. The highest BCUT2D eigenvalue weighted by atomic mass is 16.5. The maximum atomic E-state index is 12.4. The SMILES string of the molecule is CC(=O)OC(C(=O)CCc1ccccc1)c1ccccc1. The van der Waals surface area contributed by atoms with E-state index in [-0.39, 0.29) is 5.78 Å². The van der Waals surface area contributed by atoms with E-state index in [0.29, 0.717) is 18.4 Å². The summed E-state index contributed by atoms with van der Waals surface area (Å²) >= 11 is 0. The van der Waals surface area contributed by atoms with Crippen LogP contribution in [-0.2, 0) is 20.7 Å². The standard InChI is InChI=1S/C18H18O3/c1-14(19)21-18(16-10-6-3-7-11-16)17(20)13-12-15-8-4-2-5-9-15/h2-11,18H,12-13H2,1H3. The van der Waals surface area contributed by atoms with Crippen molar-refractivity contribution >= 4 is 11.8 Å². The van der Waals surface area contributed by atoms with Crippen LogP contribution in [-0.4, -0.2) is 11.8 Å². The molecule has 0 aliphatic carbocycles. The van der Waals surface area contributed by atoms with E-state index in [0.717, 1.165) is 5.56 Å². The molecule has 0 aliphatic rings. The summed E-state index contributed by atoms with van der Waals surface area (Å²) in [6.45, 7) is 1.32. The molecule has 2 rings (SSSR count). The van der Waals surface area contributed by atoms with Gasteiger partial charge < -0.3 is 4.74 Å². The summed E-state index contributed by atoms with van der Waals surface area (Å²) in [4.78, 5) is 23.6. The number of ether oxygens (including phenoxy) is 1. The van der Waals surface area contributed by atoms with Crippen LogP contribution in [0.4, 0.5) is 0 Å². The summed E-state index contributed by atoms with van der Waals surface area (Å²) in [6.07, 6.45) is 0.175. The van der Waals surface area contributed by atoms with Gasteiger partial charge in [0.15, 0.2) is 11.9 Å². The smallest absolute Gasteiger partial charge is 0.303 e. The molecule has 0 fully saturated rings. The van der Waals surface area contributed by atoms with Crippen LogP contribution >= 0.6 is 0 Å². The van der Waals surface area contributed by atoms with E-state index in [1.165, 1.54) is 6.92 Å². The molecule has 0 aliphatic heterocycles. The highest BCUT2D eigenvalue weighted by Crippen LogP contribution is 2.21. The Balaban J connectivity index is 2.06. The minimum atomic E-state index is -0.813. The van der Waals surface area contributed by atoms with Crippen molar-refractivity contribution in [3.05, 3.63) is 71.8 Å². The highest BCUT2D eigenvalue weighted by Gasteiger charge is 2.22. The van der Waals surface area contributed by atoms with Crippen LogP contribution in [0.25, 0.3) is 0 Å². The number of hydrogen-bond donors (Lipinski definition) is 0. The summed E-state index contributed by atoms with van der Waals surface area (Å²) in [5.74, 6) is -0.530. The lowest BCUT2D eigenvalue weighted by Gasteiger charge is -2.16. The van der Waals surface area contributed by atoms with Crippen LogP contribution in [0, 0.1) is 0 Å². The first-order chi connectivity index (χ1) is 10.2. The molecule has 0 bridgehead atoms. The summed E-state index contributed by atoms with van der Waals surface area (Å²) < 4.78 is 5.20. The molecule has 0 heterocycles. The second kappa shape index (κ2) is 7.39. The number of rotatable bonds is 6. The quantitative estimate of drug-likeness (QED) is 0.762. The minimum absolute atomic E-state index is 0.0831. The van der Waals surface area contributed by atoms with E-state index in [2.05, 4.69) is 0 Å². The fourth-order valence-corrected chi connectivity index (χ4v) is 2.16. The first-order valence-corrected chi connectivity index (χ1v) is 6.95. The second-order valence-electron chi connectivity index (χ2n) is 4.85. The van der Waals surface area contributed by atoms with Gasteiger partial charge in [0.05, 0.1) is 0 Å². The molecule has 0 saturated heterocycles. The molecule has 0 amide bonds. The Hall–Kier alpha value is -2.42. The fraction of sp³-hybridized carbons (Fsp3) is 0.222. The topological polar surface area (TPSA) is 43.4 Å². The number of carbonyl (C=O) groups is 2. The van der Waals surface area contributed by atoms with Gasteiger partial charge in [-0.05, 0) is 17.5 Å². The zero-order valence-corrected chi connectivity index (χ0v) is 12.0. The Kier molecular flexibility index (Phi) is 5.27. The van der Waals surface area contributed by atoms with E-state index < -0.39 is 12.1 Å². The number of hydrogen-bond acceptors (Lipinski definition) is 3. The monoisotopic (exact) mass is 282 g/mol. The van der Waals surface area contributed by atoms with Crippen molar-refractivity contribution < 1.29 is 14.3 Å². The lowest BCUT2D eigenvalue weighted by atomic mass is 10.00. The second-order valence-corrected chi connectivity index (χ2v) is 4.85. The third-order valence-corrected chi connectivity index (χ3v) is 3.18. The molecule has 0 N–H and O–H groups in total. The van der Waals surface area contributed by atoms with Crippen molar-refractivity contribution in [1.82, 2.24) is 0 Å². The zero-order valence-electron chi connectivity index (χ0n) is 12.0. The lowest BCUT2D eigenvalue weighted by molar-refractivity contribution is -0.153. The highest BCUT2D eigenvalue weighted by molar-refractivity contribution is 5.86. The average Bonchev–Trinajstić information content (AvgIpc) is 2.52. The number of aryl methyl sites for hydroxylation is 1. The molecule has 0 saturated carbocycles. The largest absolute Gasteiger partial charge is 0.450 e. The van der Waals surface area contributed by atoms with Gasteiger partial charge in [-0.25, -0.2) is 0 Å². The van der Waals surface area contributed by atoms with Gasteiger partial charge in [0.2, 0.25) is 0 Å². The Morgan fingerprint density at radius 3 is 2.10 bits per heavy atom. The molecule has 21 heavy (non-hydrogen) atoms. The molecule has 2 aromatic carbocycles. The van der Waals surface area contributed by atoms with Crippen molar-refractivity contribution in [3.63, 3.8) is 0 Å². The van der Waals surface area contributed by atoms with E-state index in [1.807, 2.05) is 48.5 Å². The van der Waals surface area contributed by atoms with Crippen LogP contribution in [0.1, 0.15) is 30.6 Å². The van der Waals surface area contributed by atoms with Gasteiger partial charge in [0.25, 0.3) is 0 Å². The maximum absolute atomic E-state index is 12.4. The first-order valence-electron chi connectivity index (χ1n) is 6.95. The van der Waals surface area contributed by atoms with Gasteiger partial charge in [-0.15, -0.1) is 0 Å². The van der Waals surface area contributed by atoms with E-state index in [4.69, 9.17) is 4.74 Å². The molecular formula is C18H18O3. The van der Waals surface area contributed by atoms with Crippen LogP contribution < -0.4 is 0 Å². The number of Topliss-reactive ketones (excluding diaryl/α,β-unsaturated/α-hetero) is 1. The van der Waals surface area contributed by atoms with E-state index in [1.54, 1.807) is 12.1 Å². The summed E-state index contributed by atoms with van der Waals surface area (Å²) in [7, 11) is 0. The summed E-state index contributed by atoms with van der Waals surface area (Å²) in [5.41, 5.74) is 1.81. The summed E-state index contributed by atoms with van der Waals surface area (Å²) in [6, 6.07) is 18.9. The van der Waals surface area contributed by atoms with Crippen molar-refractivity contribution in [2.75, 3.05) is 0 Å². The predicted octanol–water partition coefficient (Wildman–Crippen LogP) is 3.49. The van der Waals surface area contributed by atoms with Crippen molar-refractivity contribution in [2.45, 2.75) is 25.9 Å². The normalized spacial score (nSPS) is 11.7. The minimum Gasteiger partial charge on any atom is -0.450 e. The first kappa shape index (κ1) is 15.0. The van der Waals surface area contributed by atoms with Gasteiger partial charge in [-0.1, -0.05) is 60.7 Å². The van der Waals surface area contributed by atoms with E-state index >= 15 is 0 Å². The van der Waals surface area contributed by atoms with Crippen LogP contribution in [0.2, 0.25) is 0 Å². The fourth-order valence-electron chi connectivity index (χ4n) is 2.16. The molecule has 1 atom stereocenters. The molecule has 3 nitrogen and oxygen atoms in total. The number of ketones is 1. The lowest BCUT2D eigenvalue weighted by Crippen LogP contribution is -2.19. The van der Waals surface area contributed by atoms with Gasteiger partial charge in [-0.3, -0.25) is 9.59 Å². The van der Waals surface area contributed by atoms with Gasteiger partial charge >= 0.3 is 5.97 Å². The van der Waals surface area contributed by atoms with Crippen molar-refractivity contribution in [1.29, 1.82) is 0 Å². The van der Waals surface area contributed by atoms with Gasteiger partial charge in [0.1, 0.15) is 0 Å². The summed E-state index contributed by atoms with van der Waals surface area (Å²) in [5, 5.41) is 0. The molecule has 2 aromatic rings. The predicted molar refractivity (Wildman–Crippen MR) is 80.7 cm³/mol. The third-order valence-electron chi connectivity index (χ3n) is 3.18. The zero-order chi connectivity index (χ0) is 15.1. The molecule has 3 heteroatoms. The Bertz CT molecular complexity index is 590. The molecule has 0 aromatic heterocycles. The van der Waals surface area contributed by atoms with Gasteiger partial charge in [0, 0.05) is 13.3 Å². The maximum Gasteiger partial charge on any atom is 0.303 e. The Morgan fingerprint density at radius 1 is 0.952 bits per heavy atom. The van der Waals surface area contributed by atoms with Crippen molar-refractivity contribution in [2.24, 2.45) is 0 Å². The Morgan fingerprint density at radius 2 is 1.52 bits per heavy atom. The molecule has 1 unspecified atom stereocenters. The molecule has 0 spiro atoms. The van der Waals surface area contributed by atoms with Crippen molar-refractivity contribution in [3.8, 4) is 0 Å². The van der Waals surface area contributed by atoms with Crippen LogP contribution in [0.15, 0.2) is 60.7 Å². The number of carbonyl (C=O) groups excluding carboxylic acids is 2. The average molecular weight is 282 g/mol. The number of benzene rings is 2. The van der Waals surface area contributed by atoms with Crippen LogP contribution in [0.3, 0.4) is 0 Å². The van der Waals surface area contributed by atoms with E-state index in [9.17, 15) is 9.59 Å².